The topological polar surface area (TPSA) is 69.9 Å². The number of likely N-dealkylation sites (tertiary alicyclic amines) is 2. The van der Waals surface area contributed by atoms with Gasteiger partial charge in [0.25, 0.3) is 0 Å². The SMILES string of the molecule is CN(CC(=O)N1CCC1)C1CCN(C(=O)CN)CC1. The molecule has 0 saturated carbocycles. The van der Waals surface area contributed by atoms with Crippen LogP contribution < -0.4 is 5.73 Å². The first-order chi connectivity index (χ1) is 9.11. The van der Waals surface area contributed by atoms with Crippen molar-refractivity contribution in [1.82, 2.24) is 14.7 Å². The van der Waals surface area contributed by atoms with E-state index in [4.69, 9.17) is 5.73 Å². The van der Waals surface area contributed by atoms with Crippen molar-refractivity contribution in [2.24, 2.45) is 5.73 Å². The quantitative estimate of drug-likeness (QED) is 0.717. The van der Waals surface area contributed by atoms with Crippen molar-refractivity contribution in [2.45, 2.75) is 25.3 Å². The number of hydrogen-bond acceptors (Lipinski definition) is 4. The van der Waals surface area contributed by atoms with Gasteiger partial charge in [0.1, 0.15) is 0 Å². The standard InChI is InChI=1S/C13H24N4O2/c1-15(10-13(19)16-5-2-6-16)11-3-7-17(8-4-11)12(18)9-14/h11H,2-10,14H2,1H3. The first-order valence-corrected chi connectivity index (χ1v) is 7.07. The minimum absolute atomic E-state index is 0.0257. The van der Waals surface area contributed by atoms with Crippen molar-refractivity contribution in [3.63, 3.8) is 0 Å². The Hall–Kier alpha value is -1.14. The highest BCUT2D eigenvalue weighted by molar-refractivity contribution is 5.79. The van der Waals surface area contributed by atoms with Gasteiger partial charge in [-0.3, -0.25) is 14.5 Å². The summed E-state index contributed by atoms with van der Waals surface area (Å²) >= 11 is 0. The molecule has 2 fully saturated rings. The van der Waals surface area contributed by atoms with Gasteiger partial charge >= 0.3 is 0 Å². The van der Waals surface area contributed by atoms with Crippen LogP contribution in [0.3, 0.4) is 0 Å². The lowest BCUT2D eigenvalue weighted by atomic mass is 10.0. The van der Waals surface area contributed by atoms with Crippen LogP contribution in [-0.4, -0.2) is 78.9 Å². The molecule has 2 amide bonds. The number of likely N-dealkylation sites (N-methyl/N-ethyl adjacent to an activating group) is 1. The number of nitrogens with zero attached hydrogens (tertiary/aromatic N) is 3. The third-order valence-corrected chi connectivity index (χ3v) is 4.21. The Morgan fingerprint density at radius 3 is 2.16 bits per heavy atom. The molecule has 0 aromatic carbocycles. The highest BCUT2D eigenvalue weighted by Gasteiger charge is 2.27. The molecular weight excluding hydrogens is 244 g/mol. The van der Waals surface area contributed by atoms with E-state index in [1.165, 1.54) is 0 Å². The van der Waals surface area contributed by atoms with Gasteiger partial charge in [-0.15, -0.1) is 0 Å². The van der Waals surface area contributed by atoms with Gasteiger partial charge in [-0.25, -0.2) is 0 Å². The van der Waals surface area contributed by atoms with Gasteiger partial charge in [-0.05, 0) is 26.3 Å². The number of hydrogen-bond donors (Lipinski definition) is 1. The molecule has 0 radical (unpaired) electrons. The smallest absolute Gasteiger partial charge is 0.236 e. The van der Waals surface area contributed by atoms with Crippen LogP contribution >= 0.6 is 0 Å². The molecule has 0 unspecified atom stereocenters. The molecule has 6 heteroatoms. The number of amides is 2. The van der Waals surface area contributed by atoms with Crippen molar-refractivity contribution in [3.05, 3.63) is 0 Å². The minimum Gasteiger partial charge on any atom is -0.341 e. The first kappa shape index (κ1) is 14.3. The van der Waals surface area contributed by atoms with E-state index in [1.54, 1.807) is 0 Å². The molecule has 0 aromatic rings. The molecule has 19 heavy (non-hydrogen) atoms. The molecule has 2 saturated heterocycles. The summed E-state index contributed by atoms with van der Waals surface area (Å²) in [6.45, 7) is 3.92. The van der Waals surface area contributed by atoms with Gasteiger partial charge in [0.2, 0.25) is 11.8 Å². The number of piperidine rings is 1. The molecule has 2 N–H and O–H groups in total. The van der Waals surface area contributed by atoms with E-state index in [2.05, 4.69) is 4.90 Å². The van der Waals surface area contributed by atoms with E-state index < -0.39 is 0 Å². The molecule has 108 valence electrons. The zero-order chi connectivity index (χ0) is 13.8. The van der Waals surface area contributed by atoms with Gasteiger partial charge in [-0.2, -0.15) is 0 Å². The molecule has 0 aromatic heterocycles. The van der Waals surface area contributed by atoms with E-state index in [1.807, 2.05) is 16.8 Å². The van der Waals surface area contributed by atoms with E-state index in [-0.39, 0.29) is 18.4 Å². The average molecular weight is 268 g/mol. The van der Waals surface area contributed by atoms with Crippen LogP contribution in [0.2, 0.25) is 0 Å². The third-order valence-electron chi connectivity index (χ3n) is 4.21. The van der Waals surface area contributed by atoms with Gasteiger partial charge in [0, 0.05) is 32.2 Å². The molecule has 0 spiro atoms. The van der Waals surface area contributed by atoms with Crippen molar-refractivity contribution in [2.75, 3.05) is 46.3 Å². The molecule has 2 aliphatic heterocycles. The summed E-state index contributed by atoms with van der Waals surface area (Å²) < 4.78 is 0. The van der Waals surface area contributed by atoms with Crippen molar-refractivity contribution < 1.29 is 9.59 Å². The van der Waals surface area contributed by atoms with E-state index in [0.717, 1.165) is 45.4 Å². The van der Waals surface area contributed by atoms with E-state index in [0.29, 0.717) is 12.6 Å². The third kappa shape index (κ3) is 3.45. The van der Waals surface area contributed by atoms with Crippen LogP contribution in [-0.2, 0) is 9.59 Å². The fourth-order valence-electron chi connectivity index (χ4n) is 2.69. The predicted molar refractivity (Wildman–Crippen MR) is 72.5 cm³/mol. The predicted octanol–water partition coefficient (Wildman–Crippen LogP) is -0.900. The van der Waals surface area contributed by atoms with Crippen LogP contribution in [0.1, 0.15) is 19.3 Å². The Balaban J connectivity index is 1.74. The number of carbonyl (C=O) groups excluding carboxylic acids is 2. The molecular formula is C13H24N4O2. The van der Waals surface area contributed by atoms with Gasteiger partial charge in [-0.1, -0.05) is 0 Å². The molecule has 2 rings (SSSR count). The lowest BCUT2D eigenvalue weighted by Crippen LogP contribution is -2.51. The largest absolute Gasteiger partial charge is 0.341 e. The Kier molecular flexibility index (Phi) is 4.76. The van der Waals surface area contributed by atoms with Crippen molar-refractivity contribution in [3.8, 4) is 0 Å². The van der Waals surface area contributed by atoms with Crippen LogP contribution in [0.5, 0.6) is 0 Å². The van der Waals surface area contributed by atoms with Gasteiger partial charge < -0.3 is 15.5 Å². The monoisotopic (exact) mass is 268 g/mol. The zero-order valence-corrected chi connectivity index (χ0v) is 11.7. The summed E-state index contributed by atoms with van der Waals surface area (Å²) in [6, 6.07) is 0.395. The van der Waals surface area contributed by atoms with E-state index in [9.17, 15) is 9.59 Å². The maximum atomic E-state index is 11.9. The van der Waals surface area contributed by atoms with Crippen LogP contribution in [0.4, 0.5) is 0 Å². The average Bonchev–Trinajstić information content (AvgIpc) is 2.35. The molecule has 0 aliphatic carbocycles. The molecule has 2 heterocycles. The Labute approximate surface area is 114 Å². The van der Waals surface area contributed by atoms with Gasteiger partial charge in [0.15, 0.2) is 0 Å². The highest BCUT2D eigenvalue weighted by Crippen LogP contribution is 2.16. The lowest BCUT2D eigenvalue weighted by molar-refractivity contribution is -0.137. The molecule has 0 atom stereocenters. The van der Waals surface area contributed by atoms with Crippen LogP contribution in [0, 0.1) is 0 Å². The Morgan fingerprint density at radius 1 is 1.11 bits per heavy atom. The van der Waals surface area contributed by atoms with E-state index >= 15 is 0 Å². The summed E-state index contributed by atoms with van der Waals surface area (Å²) in [4.78, 5) is 29.2. The maximum Gasteiger partial charge on any atom is 0.236 e. The maximum absolute atomic E-state index is 11.9. The normalized spacial score (nSPS) is 20.6. The zero-order valence-electron chi connectivity index (χ0n) is 11.7. The number of rotatable bonds is 4. The summed E-state index contributed by atoms with van der Waals surface area (Å²) in [7, 11) is 2.00. The summed E-state index contributed by atoms with van der Waals surface area (Å²) in [6.07, 6.45) is 2.99. The Morgan fingerprint density at radius 2 is 1.68 bits per heavy atom. The molecule has 0 bridgehead atoms. The Bertz CT molecular complexity index is 336. The number of carbonyl (C=O) groups is 2. The first-order valence-electron chi connectivity index (χ1n) is 7.07. The van der Waals surface area contributed by atoms with Crippen molar-refractivity contribution in [1.29, 1.82) is 0 Å². The fourth-order valence-corrected chi connectivity index (χ4v) is 2.69. The van der Waals surface area contributed by atoms with Gasteiger partial charge in [0.05, 0.1) is 13.1 Å². The fraction of sp³-hybridized carbons (Fsp3) is 0.846. The second kappa shape index (κ2) is 6.34. The molecule has 2 aliphatic rings. The second-order valence-electron chi connectivity index (χ2n) is 5.47. The highest BCUT2D eigenvalue weighted by atomic mass is 16.2. The molecule has 6 nitrogen and oxygen atoms in total. The minimum atomic E-state index is 0.0257. The summed E-state index contributed by atoms with van der Waals surface area (Å²) in [5, 5.41) is 0. The number of nitrogens with two attached hydrogens (primary N) is 1. The van der Waals surface area contributed by atoms with Crippen molar-refractivity contribution >= 4 is 11.8 Å². The summed E-state index contributed by atoms with van der Waals surface area (Å²) in [5.74, 6) is 0.256. The lowest BCUT2D eigenvalue weighted by Gasteiger charge is -2.38. The van der Waals surface area contributed by atoms with Crippen LogP contribution in [0.25, 0.3) is 0 Å². The second-order valence-corrected chi connectivity index (χ2v) is 5.47. The van der Waals surface area contributed by atoms with Crippen LogP contribution in [0.15, 0.2) is 0 Å². The summed E-state index contributed by atoms with van der Waals surface area (Å²) in [5.41, 5.74) is 5.37.